The second-order valence-electron chi connectivity index (χ2n) is 5.73. The number of anilines is 1. The second kappa shape index (κ2) is 9.17. The van der Waals surface area contributed by atoms with Crippen LogP contribution in [0.25, 0.3) is 0 Å². The highest BCUT2D eigenvalue weighted by molar-refractivity contribution is 7.11. The summed E-state index contributed by atoms with van der Waals surface area (Å²) in [7, 11) is 1.76. The van der Waals surface area contributed by atoms with E-state index >= 15 is 0 Å². The van der Waals surface area contributed by atoms with Crippen LogP contribution in [0.2, 0.25) is 0 Å². The van der Waals surface area contributed by atoms with Crippen LogP contribution in [0.5, 0.6) is 0 Å². The summed E-state index contributed by atoms with van der Waals surface area (Å²) in [5, 5.41) is 10.4. The Morgan fingerprint density at radius 2 is 1.92 bits per heavy atom. The average Bonchev–Trinajstić information content (AvgIpc) is 2.90. The summed E-state index contributed by atoms with van der Waals surface area (Å²) >= 11 is 1.71. The van der Waals surface area contributed by atoms with Gasteiger partial charge >= 0.3 is 0 Å². The normalized spacial score (nSPS) is 11.3. The lowest BCUT2D eigenvalue weighted by molar-refractivity contribution is -0.114. The van der Waals surface area contributed by atoms with Crippen molar-refractivity contribution in [2.24, 2.45) is 4.99 Å². The average molecular weight is 359 g/mol. The van der Waals surface area contributed by atoms with Crippen molar-refractivity contribution in [1.82, 2.24) is 15.6 Å². The van der Waals surface area contributed by atoms with E-state index in [4.69, 9.17) is 0 Å². The Balaban J connectivity index is 1.76. The van der Waals surface area contributed by atoms with Crippen molar-refractivity contribution in [3.63, 3.8) is 0 Å². The predicted octanol–water partition coefficient (Wildman–Crippen LogP) is 2.63. The molecule has 7 heteroatoms. The highest BCUT2D eigenvalue weighted by Crippen LogP contribution is 2.15. The summed E-state index contributed by atoms with van der Waals surface area (Å²) in [6, 6.07) is 7.86. The molecule has 0 saturated carbocycles. The molecule has 2 rings (SSSR count). The molecule has 0 saturated heterocycles. The van der Waals surface area contributed by atoms with Gasteiger partial charge in [-0.05, 0) is 38.0 Å². The topological polar surface area (TPSA) is 78.4 Å². The van der Waals surface area contributed by atoms with Crippen molar-refractivity contribution in [2.45, 2.75) is 33.7 Å². The van der Waals surface area contributed by atoms with E-state index in [9.17, 15) is 4.79 Å². The lowest BCUT2D eigenvalue weighted by Gasteiger charge is -2.11. The van der Waals surface area contributed by atoms with Gasteiger partial charge < -0.3 is 16.0 Å². The largest absolute Gasteiger partial charge is 0.356 e. The van der Waals surface area contributed by atoms with Crippen LogP contribution in [-0.4, -0.2) is 30.4 Å². The van der Waals surface area contributed by atoms with Gasteiger partial charge in [-0.15, -0.1) is 11.3 Å². The van der Waals surface area contributed by atoms with Crippen molar-refractivity contribution in [2.75, 3.05) is 18.9 Å². The van der Waals surface area contributed by atoms with E-state index in [1.54, 1.807) is 18.4 Å². The quantitative estimate of drug-likeness (QED) is 0.547. The van der Waals surface area contributed by atoms with Gasteiger partial charge in [-0.1, -0.05) is 12.1 Å². The van der Waals surface area contributed by atoms with Crippen LogP contribution in [-0.2, 0) is 17.8 Å². The van der Waals surface area contributed by atoms with Gasteiger partial charge in [0, 0.05) is 31.1 Å². The number of rotatable bonds is 6. The maximum absolute atomic E-state index is 11.0. The fourth-order valence-corrected chi connectivity index (χ4v) is 3.15. The summed E-state index contributed by atoms with van der Waals surface area (Å²) in [5.41, 5.74) is 3.10. The number of benzene rings is 1. The molecule has 3 N–H and O–H groups in total. The monoisotopic (exact) mass is 359 g/mol. The molecule has 6 nitrogen and oxygen atoms in total. The van der Waals surface area contributed by atoms with E-state index in [1.807, 2.05) is 31.2 Å². The van der Waals surface area contributed by atoms with Crippen LogP contribution in [0.15, 0.2) is 29.3 Å². The number of carbonyl (C=O) groups is 1. The van der Waals surface area contributed by atoms with E-state index in [2.05, 4.69) is 32.9 Å². The molecule has 1 amide bonds. The van der Waals surface area contributed by atoms with Crippen molar-refractivity contribution in [1.29, 1.82) is 0 Å². The van der Waals surface area contributed by atoms with Crippen LogP contribution in [0, 0.1) is 13.8 Å². The molecular formula is C18H25N5OS. The summed E-state index contributed by atoms with van der Waals surface area (Å²) in [6.45, 7) is 7.06. The van der Waals surface area contributed by atoms with Gasteiger partial charge in [0.2, 0.25) is 5.91 Å². The van der Waals surface area contributed by atoms with Crippen LogP contribution >= 0.6 is 11.3 Å². The fraction of sp³-hybridized carbons (Fsp3) is 0.389. The lowest BCUT2D eigenvalue weighted by Crippen LogP contribution is -2.37. The number of aromatic nitrogens is 1. The third-order valence-electron chi connectivity index (χ3n) is 3.68. The third-order valence-corrected chi connectivity index (χ3v) is 4.76. The summed E-state index contributed by atoms with van der Waals surface area (Å²) < 4.78 is 0. The van der Waals surface area contributed by atoms with Crippen molar-refractivity contribution >= 4 is 28.9 Å². The first-order valence-corrected chi connectivity index (χ1v) is 9.03. The van der Waals surface area contributed by atoms with Gasteiger partial charge in [0.05, 0.1) is 12.2 Å². The van der Waals surface area contributed by atoms with Gasteiger partial charge in [-0.25, -0.2) is 4.98 Å². The van der Waals surface area contributed by atoms with E-state index in [0.29, 0.717) is 6.54 Å². The number of nitrogens with zero attached hydrogens (tertiary/aromatic N) is 2. The van der Waals surface area contributed by atoms with Gasteiger partial charge in [0.15, 0.2) is 5.96 Å². The zero-order chi connectivity index (χ0) is 18.2. The molecular weight excluding hydrogens is 334 g/mol. The maximum atomic E-state index is 11.0. The standard InChI is InChI=1S/C18H25N5OS/c1-12-13(2)25-17(22-12)11-21-18(19-4)20-10-9-15-5-7-16(8-6-15)23-14(3)24/h5-8H,9-11H2,1-4H3,(H,23,24)(H2,19,20,21). The summed E-state index contributed by atoms with van der Waals surface area (Å²) in [5.74, 6) is 0.704. The van der Waals surface area contributed by atoms with Crippen molar-refractivity contribution < 1.29 is 4.79 Å². The molecule has 0 bridgehead atoms. The molecule has 1 heterocycles. The lowest BCUT2D eigenvalue weighted by atomic mass is 10.1. The predicted molar refractivity (Wildman–Crippen MR) is 104 cm³/mol. The number of carbonyl (C=O) groups excluding carboxylic acids is 1. The molecule has 0 aliphatic carbocycles. The Kier molecular flexibility index (Phi) is 6.94. The number of aryl methyl sites for hydroxylation is 2. The van der Waals surface area contributed by atoms with Gasteiger partial charge in [0.1, 0.15) is 5.01 Å². The van der Waals surface area contributed by atoms with Crippen LogP contribution in [0.4, 0.5) is 5.69 Å². The SMILES string of the molecule is CN=C(NCCc1ccc(NC(C)=O)cc1)NCc1nc(C)c(C)s1. The van der Waals surface area contributed by atoms with Gasteiger partial charge in [0.25, 0.3) is 0 Å². The number of thiazole rings is 1. The highest BCUT2D eigenvalue weighted by Gasteiger charge is 2.05. The number of nitrogens with one attached hydrogen (secondary N) is 3. The zero-order valence-electron chi connectivity index (χ0n) is 15.1. The van der Waals surface area contributed by atoms with Gasteiger partial charge in [-0.2, -0.15) is 0 Å². The van der Waals surface area contributed by atoms with E-state index in [0.717, 1.165) is 35.3 Å². The first-order valence-electron chi connectivity index (χ1n) is 8.22. The molecule has 0 atom stereocenters. The third kappa shape index (κ3) is 6.19. The van der Waals surface area contributed by atoms with E-state index in [1.165, 1.54) is 17.4 Å². The number of aliphatic imine (C=N–C) groups is 1. The minimum Gasteiger partial charge on any atom is -0.356 e. The summed E-state index contributed by atoms with van der Waals surface area (Å²) in [4.78, 5) is 21.0. The minimum absolute atomic E-state index is 0.0603. The fourth-order valence-electron chi connectivity index (χ4n) is 2.28. The smallest absolute Gasteiger partial charge is 0.221 e. The molecule has 134 valence electrons. The molecule has 0 radical (unpaired) electrons. The number of hydrogen-bond donors (Lipinski definition) is 3. The minimum atomic E-state index is -0.0603. The molecule has 1 aromatic carbocycles. The maximum Gasteiger partial charge on any atom is 0.221 e. The van der Waals surface area contributed by atoms with E-state index < -0.39 is 0 Å². The van der Waals surface area contributed by atoms with Gasteiger partial charge in [-0.3, -0.25) is 9.79 Å². The Morgan fingerprint density at radius 1 is 1.20 bits per heavy atom. The number of guanidine groups is 1. The molecule has 1 aromatic heterocycles. The highest BCUT2D eigenvalue weighted by atomic mass is 32.1. The van der Waals surface area contributed by atoms with Crippen LogP contribution in [0.1, 0.15) is 28.1 Å². The first-order chi connectivity index (χ1) is 12.0. The molecule has 0 spiro atoms. The van der Waals surface area contributed by atoms with Crippen LogP contribution in [0.3, 0.4) is 0 Å². The van der Waals surface area contributed by atoms with Crippen LogP contribution < -0.4 is 16.0 Å². The second-order valence-corrected chi connectivity index (χ2v) is 7.02. The van der Waals surface area contributed by atoms with Crippen molar-refractivity contribution in [3.05, 3.63) is 45.4 Å². The molecule has 2 aromatic rings. The number of hydrogen-bond acceptors (Lipinski definition) is 4. The molecule has 0 aliphatic rings. The number of amides is 1. The van der Waals surface area contributed by atoms with E-state index in [-0.39, 0.29) is 5.91 Å². The first kappa shape index (κ1) is 18.9. The Bertz CT molecular complexity index is 717. The molecule has 0 aliphatic heterocycles. The molecule has 25 heavy (non-hydrogen) atoms. The molecule has 0 fully saturated rings. The Hall–Kier alpha value is -2.41. The zero-order valence-corrected chi connectivity index (χ0v) is 16.0. The Morgan fingerprint density at radius 3 is 2.48 bits per heavy atom. The summed E-state index contributed by atoms with van der Waals surface area (Å²) in [6.07, 6.45) is 0.872. The van der Waals surface area contributed by atoms with Crippen molar-refractivity contribution in [3.8, 4) is 0 Å². The molecule has 0 unspecified atom stereocenters. The Labute approximate surface area is 152 Å².